The zero-order chi connectivity index (χ0) is 21.8. The van der Waals surface area contributed by atoms with Gasteiger partial charge in [0.1, 0.15) is 0 Å². The van der Waals surface area contributed by atoms with E-state index in [1.54, 1.807) is 41.7 Å². The topological polar surface area (TPSA) is 78.5 Å². The molecule has 0 aliphatic carbocycles. The summed E-state index contributed by atoms with van der Waals surface area (Å²) in [6, 6.07) is 18.2. The van der Waals surface area contributed by atoms with Gasteiger partial charge in [-0.25, -0.2) is 4.79 Å². The standard InChI is InChI=1S/C23H18ClN3O3S/c24-19-7-2-1-6-18(19)20-10-8-17(31-20)9-11-21(28)26-16-5-3-4-15(12-16)14-27-22(29)13-25-23(27)30/h1-12H,13-14H2,(H,25,30)(H,26,28)/b11-9+. The number of anilines is 1. The molecular weight excluding hydrogens is 434 g/mol. The largest absolute Gasteiger partial charge is 0.329 e. The summed E-state index contributed by atoms with van der Waals surface area (Å²) < 4.78 is 0. The highest BCUT2D eigenvalue weighted by Crippen LogP contribution is 2.33. The molecule has 2 aromatic carbocycles. The van der Waals surface area contributed by atoms with E-state index in [4.69, 9.17) is 11.6 Å². The monoisotopic (exact) mass is 451 g/mol. The summed E-state index contributed by atoms with van der Waals surface area (Å²) in [6.07, 6.45) is 3.21. The van der Waals surface area contributed by atoms with Gasteiger partial charge in [0, 0.05) is 32.1 Å². The average Bonchev–Trinajstić information content (AvgIpc) is 3.35. The zero-order valence-electron chi connectivity index (χ0n) is 16.3. The number of carbonyl (C=O) groups is 3. The van der Waals surface area contributed by atoms with E-state index < -0.39 is 6.03 Å². The summed E-state index contributed by atoms with van der Waals surface area (Å²) in [6.45, 7) is 0.172. The van der Waals surface area contributed by atoms with Crippen molar-refractivity contribution in [1.82, 2.24) is 10.2 Å². The SMILES string of the molecule is O=C(/C=C/c1ccc(-c2ccccc2Cl)s1)Nc1cccc(CN2C(=O)CNC2=O)c1. The fourth-order valence-corrected chi connectivity index (χ4v) is 4.38. The first-order valence-electron chi connectivity index (χ1n) is 9.50. The molecule has 2 N–H and O–H groups in total. The van der Waals surface area contributed by atoms with Crippen LogP contribution >= 0.6 is 22.9 Å². The molecule has 31 heavy (non-hydrogen) atoms. The lowest BCUT2D eigenvalue weighted by Gasteiger charge is -2.13. The second-order valence-electron chi connectivity index (χ2n) is 6.84. The van der Waals surface area contributed by atoms with Crippen molar-refractivity contribution in [2.45, 2.75) is 6.54 Å². The van der Waals surface area contributed by atoms with Crippen LogP contribution in [0.25, 0.3) is 16.5 Å². The molecule has 4 amide bonds. The second-order valence-corrected chi connectivity index (χ2v) is 8.37. The second kappa shape index (κ2) is 9.16. The molecule has 6 nitrogen and oxygen atoms in total. The maximum absolute atomic E-state index is 12.3. The van der Waals surface area contributed by atoms with E-state index in [9.17, 15) is 14.4 Å². The maximum atomic E-state index is 12.3. The van der Waals surface area contributed by atoms with E-state index in [1.807, 2.05) is 36.4 Å². The molecule has 1 aliphatic heterocycles. The third kappa shape index (κ3) is 5.02. The van der Waals surface area contributed by atoms with Crippen LogP contribution in [0.3, 0.4) is 0 Å². The summed E-state index contributed by atoms with van der Waals surface area (Å²) >= 11 is 7.79. The number of imide groups is 1. The predicted molar refractivity (Wildman–Crippen MR) is 123 cm³/mol. The molecule has 1 saturated heterocycles. The van der Waals surface area contributed by atoms with Crippen molar-refractivity contribution in [1.29, 1.82) is 0 Å². The number of nitrogens with zero attached hydrogens (tertiary/aromatic N) is 1. The molecule has 156 valence electrons. The summed E-state index contributed by atoms with van der Waals surface area (Å²) in [5.74, 6) is -0.547. The molecule has 1 fully saturated rings. The molecule has 0 unspecified atom stereocenters. The van der Waals surface area contributed by atoms with Crippen LogP contribution in [0.2, 0.25) is 5.02 Å². The van der Waals surface area contributed by atoms with E-state index in [2.05, 4.69) is 10.6 Å². The van der Waals surface area contributed by atoms with Crippen molar-refractivity contribution >= 4 is 52.5 Å². The van der Waals surface area contributed by atoms with Gasteiger partial charge in [0.25, 0.3) is 0 Å². The molecule has 0 spiro atoms. The molecule has 4 rings (SSSR count). The minimum Gasteiger partial charge on any atom is -0.329 e. The van der Waals surface area contributed by atoms with Gasteiger partial charge in [0.05, 0.1) is 13.1 Å². The Morgan fingerprint density at radius 2 is 1.97 bits per heavy atom. The normalized spacial score (nSPS) is 13.6. The van der Waals surface area contributed by atoms with Crippen molar-refractivity contribution in [3.05, 3.63) is 82.2 Å². The van der Waals surface area contributed by atoms with E-state index >= 15 is 0 Å². The Bertz CT molecular complexity index is 1170. The van der Waals surface area contributed by atoms with Gasteiger partial charge in [-0.2, -0.15) is 0 Å². The van der Waals surface area contributed by atoms with Gasteiger partial charge in [0.2, 0.25) is 11.8 Å². The number of urea groups is 1. The third-order valence-corrected chi connectivity index (χ3v) is 6.05. The maximum Gasteiger partial charge on any atom is 0.324 e. The Morgan fingerprint density at radius 1 is 1.13 bits per heavy atom. The van der Waals surface area contributed by atoms with E-state index in [0.29, 0.717) is 10.7 Å². The van der Waals surface area contributed by atoms with Gasteiger partial charge in [-0.05, 0) is 42.0 Å². The highest BCUT2D eigenvalue weighted by atomic mass is 35.5. The Kier molecular flexibility index (Phi) is 6.16. The zero-order valence-corrected chi connectivity index (χ0v) is 17.9. The fraction of sp³-hybridized carbons (Fsp3) is 0.0870. The number of thiophene rings is 1. The van der Waals surface area contributed by atoms with Crippen LogP contribution in [0.15, 0.2) is 66.7 Å². The molecular formula is C23H18ClN3O3S. The number of rotatable bonds is 6. The molecule has 0 bridgehead atoms. The first kappa shape index (κ1) is 20.8. The predicted octanol–water partition coefficient (Wildman–Crippen LogP) is 4.77. The van der Waals surface area contributed by atoms with Crippen LogP contribution in [0.1, 0.15) is 10.4 Å². The van der Waals surface area contributed by atoms with Crippen LogP contribution in [0.5, 0.6) is 0 Å². The number of benzene rings is 2. The van der Waals surface area contributed by atoms with Crippen LogP contribution < -0.4 is 10.6 Å². The Labute approximate surface area is 188 Å². The molecule has 0 atom stereocenters. The first-order chi connectivity index (χ1) is 15.0. The molecule has 8 heteroatoms. The van der Waals surface area contributed by atoms with Crippen molar-refractivity contribution in [2.75, 3.05) is 11.9 Å². The summed E-state index contributed by atoms with van der Waals surface area (Å²) in [4.78, 5) is 38.9. The highest BCUT2D eigenvalue weighted by Gasteiger charge is 2.28. The lowest BCUT2D eigenvalue weighted by Crippen LogP contribution is -2.30. The molecule has 0 radical (unpaired) electrons. The first-order valence-corrected chi connectivity index (χ1v) is 10.7. The van der Waals surface area contributed by atoms with Gasteiger partial charge in [-0.1, -0.05) is 41.9 Å². The van der Waals surface area contributed by atoms with Gasteiger partial charge >= 0.3 is 6.03 Å². The molecule has 2 heterocycles. The van der Waals surface area contributed by atoms with Crippen LogP contribution in [-0.4, -0.2) is 29.3 Å². The number of halogens is 1. The minimum atomic E-state index is -0.408. The van der Waals surface area contributed by atoms with Gasteiger partial charge in [0.15, 0.2) is 0 Å². The van der Waals surface area contributed by atoms with Crippen molar-refractivity contribution in [2.24, 2.45) is 0 Å². The van der Waals surface area contributed by atoms with Crippen LogP contribution in [0, 0.1) is 0 Å². The molecule has 3 aromatic rings. The minimum absolute atomic E-state index is 0.0148. The summed E-state index contributed by atoms with van der Waals surface area (Å²) in [5.41, 5.74) is 2.29. The van der Waals surface area contributed by atoms with Crippen molar-refractivity contribution < 1.29 is 14.4 Å². The van der Waals surface area contributed by atoms with Crippen LogP contribution in [-0.2, 0) is 16.1 Å². The number of carbonyl (C=O) groups excluding carboxylic acids is 3. The number of hydrogen-bond donors (Lipinski definition) is 2. The highest BCUT2D eigenvalue weighted by molar-refractivity contribution is 7.16. The Balaban J connectivity index is 1.39. The third-order valence-electron chi connectivity index (χ3n) is 4.64. The molecule has 1 aliphatic rings. The Morgan fingerprint density at radius 3 is 2.74 bits per heavy atom. The smallest absolute Gasteiger partial charge is 0.324 e. The summed E-state index contributed by atoms with van der Waals surface area (Å²) in [7, 11) is 0. The average molecular weight is 452 g/mol. The van der Waals surface area contributed by atoms with Gasteiger partial charge in [-0.3, -0.25) is 14.5 Å². The summed E-state index contributed by atoms with van der Waals surface area (Å²) in [5, 5.41) is 5.97. The molecule has 0 saturated carbocycles. The van der Waals surface area contributed by atoms with Gasteiger partial charge < -0.3 is 10.6 Å². The number of nitrogens with one attached hydrogen (secondary N) is 2. The van der Waals surface area contributed by atoms with Gasteiger partial charge in [-0.15, -0.1) is 11.3 Å². The quantitative estimate of drug-likeness (QED) is 0.418. The fourth-order valence-electron chi connectivity index (χ4n) is 3.14. The molecule has 1 aromatic heterocycles. The number of hydrogen-bond acceptors (Lipinski definition) is 4. The van der Waals surface area contributed by atoms with E-state index in [0.717, 1.165) is 25.8 Å². The van der Waals surface area contributed by atoms with Crippen molar-refractivity contribution in [3.8, 4) is 10.4 Å². The lowest BCUT2D eigenvalue weighted by atomic mass is 10.2. The lowest BCUT2D eigenvalue weighted by molar-refractivity contribution is -0.125. The van der Waals surface area contributed by atoms with Crippen molar-refractivity contribution in [3.63, 3.8) is 0 Å². The van der Waals surface area contributed by atoms with E-state index in [1.165, 1.54) is 6.08 Å². The Hall–Kier alpha value is -3.42. The van der Waals surface area contributed by atoms with Crippen LogP contribution in [0.4, 0.5) is 10.5 Å². The van der Waals surface area contributed by atoms with E-state index in [-0.39, 0.29) is 24.9 Å². The number of amides is 4.